The van der Waals surface area contributed by atoms with Crippen LogP contribution in [0.2, 0.25) is 13.1 Å². The predicted octanol–water partition coefficient (Wildman–Crippen LogP) is 5.53. The third kappa shape index (κ3) is 4.40. The summed E-state index contributed by atoms with van der Waals surface area (Å²) < 4.78 is 14.1. The van der Waals surface area contributed by atoms with Gasteiger partial charge in [0, 0.05) is 17.5 Å². The van der Waals surface area contributed by atoms with Gasteiger partial charge in [-0.1, -0.05) is 63.2 Å². The van der Waals surface area contributed by atoms with Gasteiger partial charge in [-0.25, -0.2) is 0 Å². The van der Waals surface area contributed by atoms with Gasteiger partial charge in [0.1, 0.15) is 12.4 Å². The Kier molecular flexibility index (Phi) is 6.17. The van der Waals surface area contributed by atoms with Gasteiger partial charge in [0.2, 0.25) is 0 Å². The van der Waals surface area contributed by atoms with Crippen LogP contribution in [0.5, 0.6) is 11.5 Å². The van der Waals surface area contributed by atoms with Crippen LogP contribution in [0.25, 0.3) is 10.9 Å². The first kappa shape index (κ1) is 21.2. The highest BCUT2D eigenvalue weighted by Gasteiger charge is 2.28. The number of hydrogen-bond acceptors (Lipinski definition) is 3. The zero-order chi connectivity index (χ0) is 21.2. The molecule has 1 radical (unpaired) electrons. The first-order valence-electron chi connectivity index (χ1n) is 10.1. The number of benzene rings is 2. The molecule has 1 heterocycles. The number of hydrogen-bond donors (Lipinski definition) is 0. The lowest BCUT2D eigenvalue weighted by Gasteiger charge is -2.27. The van der Waals surface area contributed by atoms with E-state index in [0.29, 0.717) is 18.9 Å². The summed E-state index contributed by atoms with van der Waals surface area (Å²) in [7, 11) is -1.08. The van der Waals surface area contributed by atoms with E-state index in [0.717, 1.165) is 27.8 Å². The molecule has 0 amide bonds. The molecule has 0 N–H and O–H groups in total. The molecule has 29 heavy (non-hydrogen) atoms. The van der Waals surface area contributed by atoms with Gasteiger partial charge < -0.3 is 13.7 Å². The van der Waals surface area contributed by atoms with Gasteiger partial charge in [-0.2, -0.15) is 0 Å². The zero-order valence-electron chi connectivity index (χ0n) is 18.2. The fourth-order valence-corrected chi connectivity index (χ4v) is 4.25. The highest BCUT2D eigenvalue weighted by atomic mass is 28.3. The molecule has 153 valence electrons. The molecule has 4 nitrogen and oxygen atoms in total. The predicted molar refractivity (Wildman–Crippen MR) is 121 cm³/mol. The molecule has 0 saturated heterocycles. The van der Waals surface area contributed by atoms with Crippen LogP contribution in [0.15, 0.2) is 53.3 Å². The number of aromatic nitrogens is 1. The van der Waals surface area contributed by atoms with Crippen molar-refractivity contribution in [2.24, 2.45) is 0 Å². The summed E-state index contributed by atoms with van der Waals surface area (Å²) in [5, 5.41) is 1.02. The van der Waals surface area contributed by atoms with Gasteiger partial charge in [-0.3, -0.25) is 4.79 Å². The Morgan fingerprint density at radius 3 is 2.28 bits per heavy atom. The molecule has 0 aliphatic rings. The van der Waals surface area contributed by atoms with E-state index in [4.69, 9.17) is 9.16 Å². The summed E-state index contributed by atoms with van der Waals surface area (Å²) in [5.74, 6) is 1.21. The molecular formula is C24H30NO3Si. The Morgan fingerprint density at radius 1 is 1.00 bits per heavy atom. The molecule has 0 spiro atoms. The highest BCUT2D eigenvalue weighted by molar-refractivity contribution is 6.49. The van der Waals surface area contributed by atoms with Crippen molar-refractivity contribution in [1.82, 2.24) is 4.57 Å². The largest absolute Gasteiger partial charge is 0.539 e. The van der Waals surface area contributed by atoms with Crippen molar-refractivity contribution in [3.05, 3.63) is 70.0 Å². The van der Waals surface area contributed by atoms with Crippen molar-refractivity contribution in [2.75, 3.05) is 0 Å². The Balaban J connectivity index is 2.26. The molecule has 3 rings (SSSR count). The molecule has 0 unspecified atom stereocenters. The minimum Gasteiger partial charge on any atom is -0.539 e. The van der Waals surface area contributed by atoms with Crippen LogP contribution >= 0.6 is 0 Å². The molecule has 0 saturated carbocycles. The van der Waals surface area contributed by atoms with E-state index in [9.17, 15) is 4.79 Å². The molecule has 1 aromatic heterocycles. The lowest BCUT2D eigenvalue weighted by molar-refractivity contribution is 0.308. The SMILES string of the molecule is CCn1c(=O)c(O[Si](C)C)c(C(C)(C)C)c2cccc(OCc3ccccc3)c21. The fourth-order valence-electron chi connectivity index (χ4n) is 3.65. The van der Waals surface area contributed by atoms with Crippen LogP contribution in [0, 0.1) is 0 Å². The average molecular weight is 409 g/mol. The number of pyridine rings is 1. The minimum atomic E-state index is -1.08. The van der Waals surface area contributed by atoms with E-state index in [2.05, 4.69) is 39.9 Å². The highest BCUT2D eigenvalue weighted by Crippen LogP contribution is 2.38. The van der Waals surface area contributed by atoms with E-state index < -0.39 is 9.04 Å². The van der Waals surface area contributed by atoms with Crippen LogP contribution in [0.1, 0.15) is 38.8 Å². The number of para-hydroxylation sites is 1. The van der Waals surface area contributed by atoms with Crippen LogP contribution in [-0.2, 0) is 18.6 Å². The van der Waals surface area contributed by atoms with Crippen LogP contribution < -0.4 is 14.7 Å². The fraction of sp³-hybridized carbons (Fsp3) is 0.375. The van der Waals surface area contributed by atoms with E-state index in [1.54, 1.807) is 4.57 Å². The number of aryl methyl sites for hydroxylation is 1. The Hall–Kier alpha value is -2.53. The molecule has 0 atom stereocenters. The Bertz CT molecular complexity index is 1050. The molecule has 2 aromatic carbocycles. The van der Waals surface area contributed by atoms with Crippen LogP contribution in [0.3, 0.4) is 0 Å². The number of rotatable bonds is 6. The van der Waals surface area contributed by atoms with Crippen molar-refractivity contribution < 1.29 is 9.16 Å². The van der Waals surface area contributed by atoms with Crippen molar-refractivity contribution in [3.8, 4) is 11.5 Å². The van der Waals surface area contributed by atoms with E-state index >= 15 is 0 Å². The summed E-state index contributed by atoms with van der Waals surface area (Å²) in [6, 6.07) is 16.1. The molecule has 0 aliphatic heterocycles. The third-order valence-electron chi connectivity index (χ3n) is 4.81. The quantitative estimate of drug-likeness (QED) is 0.504. The lowest BCUT2D eigenvalue weighted by atomic mass is 9.84. The molecular weight excluding hydrogens is 378 g/mol. The average Bonchev–Trinajstić information content (AvgIpc) is 2.66. The van der Waals surface area contributed by atoms with Gasteiger partial charge >= 0.3 is 0 Å². The van der Waals surface area contributed by atoms with Crippen molar-refractivity contribution in [3.63, 3.8) is 0 Å². The maximum Gasteiger partial charge on any atom is 0.292 e. The monoisotopic (exact) mass is 408 g/mol. The van der Waals surface area contributed by atoms with Crippen LogP contribution in [0.4, 0.5) is 0 Å². The summed E-state index contributed by atoms with van der Waals surface area (Å²) in [6.45, 7) is 13.5. The summed E-state index contributed by atoms with van der Waals surface area (Å²) in [5.41, 5.74) is 2.57. The van der Waals surface area contributed by atoms with E-state index in [1.165, 1.54) is 0 Å². The number of nitrogens with zero attached hydrogens (tertiary/aromatic N) is 1. The van der Waals surface area contributed by atoms with Gasteiger partial charge in [0.05, 0.1) is 5.52 Å². The van der Waals surface area contributed by atoms with Crippen molar-refractivity contribution in [2.45, 2.75) is 59.4 Å². The van der Waals surface area contributed by atoms with Gasteiger partial charge in [0.15, 0.2) is 5.75 Å². The maximum absolute atomic E-state index is 13.4. The first-order chi connectivity index (χ1) is 13.7. The molecule has 0 bridgehead atoms. The third-order valence-corrected chi connectivity index (χ3v) is 5.43. The number of ether oxygens (including phenoxy) is 1. The zero-order valence-corrected chi connectivity index (χ0v) is 19.2. The minimum absolute atomic E-state index is 0.0770. The van der Waals surface area contributed by atoms with Crippen molar-refractivity contribution in [1.29, 1.82) is 0 Å². The normalized spacial score (nSPS) is 11.8. The summed E-state index contributed by atoms with van der Waals surface area (Å²) in [4.78, 5) is 13.4. The second-order valence-electron chi connectivity index (χ2n) is 8.44. The summed E-state index contributed by atoms with van der Waals surface area (Å²) >= 11 is 0. The maximum atomic E-state index is 13.4. The molecule has 3 aromatic rings. The summed E-state index contributed by atoms with van der Waals surface area (Å²) in [6.07, 6.45) is 0. The van der Waals surface area contributed by atoms with Crippen molar-refractivity contribution >= 4 is 19.9 Å². The topological polar surface area (TPSA) is 40.5 Å². The first-order valence-corrected chi connectivity index (χ1v) is 12.5. The Labute approximate surface area is 174 Å². The standard InChI is InChI=1S/C24H30NO3Si/c1-7-25-21-18(20(24(2,3)4)22(23(25)26)28-29(5)6)14-11-15-19(21)27-16-17-12-9-8-10-13-17/h8-15H,7,16H2,1-6H3. The second kappa shape index (κ2) is 8.45. The molecule has 0 aliphatic carbocycles. The lowest BCUT2D eigenvalue weighted by Crippen LogP contribution is -2.30. The smallest absolute Gasteiger partial charge is 0.292 e. The molecule has 0 fully saturated rings. The van der Waals surface area contributed by atoms with Gasteiger partial charge in [-0.15, -0.1) is 0 Å². The Morgan fingerprint density at radius 2 is 1.69 bits per heavy atom. The van der Waals surface area contributed by atoms with E-state index in [-0.39, 0.29) is 11.0 Å². The molecule has 5 heteroatoms. The van der Waals surface area contributed by atoms with E-state index in [1.807, 2.05) is 49.4 Å². The second-order valence-corrected chi connectivity index (χ2v) is 10.5. The van der Waals surface area contributed by atoms with Crippen LogP contribution in [-0.4, -0.2) is 13.6 Å². The van der Waals surface area contributed by atoms with Gasteiger partial charge in [-0.05, 0) is 37.1 Å². The number of fused-ring (bicyclic) bond motifs is 1. The van der Waals surface area contributed by atoms with Gasteiger partial charge in [0.25, 0.3) is 14.6 Å².